The lowest BCUT2D eigenvalue weighted by Crippen LogP contribution is -2.02. The van der Waals surface area contributed by atoms with Crippen molar-refractivity contribution in [2.24, 2.45) is 0 Å². The van der Waals surface area contributed by atoms with Crippen molar-refractivity contribution < 1.29 is 4.52 Å². The van der Waals surface area contributed by atoms with Gasteiger partial charge in [-0.1, -0.05) is 5.16 Å². The van der Waals surface area contributed by atoms with Crippen LogP contribution in [0.5, 0.6) is 0 Å². The lowest BCUT2D eigenvalue weighted by Gasteiger charge is -1.91. The van der Waals surface area contributed by atoms with Crippen LogP contribution < -0.4 is 5.56 Å². The zero-order valence-corrected chi connectivity index (χ0v) is 9.07. The van der Waals surface area contributed by atoms with Gasteiger partial charge in [0.1, 0.15) is 5.69 Å². The smallest absolute Gasteiger partial charge is 0.258 e. The summed E-state index contributed by atoms with van der Waals surface area (Å²) in [5.41, 5.74) is 0.838. The van der Waals surface area contributed by atoms with Gasteiger partial charge in [-0.05, 0) is 6.07 Å². The Labute approximate surface area is 101 Å². The fourth-order valence-corrected chi connectivity index (χ4v) is 1.44. The van der Waals surface area contributed by atoms with Crippen LogP contribution >= 0.6 is 0 Å². The second kappa shape index (κ2) is 4.21. The first-order chi connectivity index (χ1) is 8.83. The average molecular weight is 241 g/mol. The second-order valence-corrected chi connectivity index (χ2v) is 3.46. The van der Waals surface area contributed by atoms with E-state index in [1.807, 2.05) is 0 Å². The maximum atomic E-state index is 11.2. The minimum absolute atomic E-state index is 0.230. The number of aromatic nitrogens is 5. The first kappa shape index (κ1) is 10.3. The van der Waals surface area contributed by atoms with E-state index in [2.05, 4.69) is 25.1 Å². The molecule has 0 aliphatic carbocycles. The Bertz CT molecular complexity index is 719. The maximum Gasteiger partial charge on any atom is 0.258 e. The van der Waals surface area contributed by atoms with Crippen molar-refractivity contribution >= 4 is 0 Å². The van der Waals surface area contributed by atoms with Crippen molar-refractivity contribution in [1.29, 1.82) is 0 Å². The fraction of sp³-hybridized carbons (Fsp3) is 0. The van der Waals surface area contributed by atoms with E-state index < -0.39 is 0 Å². The molecular formula is C11H7N5O2. The lowest BCUT2D eigenvalue weighted by atomic mass is 10.3. The predicted octanol–water partition coefficient (Wildman–Crippen LogP) is 0.882. The van der Waals surface area contributed by atoms with Gasteiger partial charge < -0.3 is 9.51 Å². The van der Waals surface area contributed by atoms with Crippen molar-refractivity contribution in [2.45, 2.75) is 0 Å². The van der Waals surface area contributed by atoms with Gasteiger partial charge in [0, 0.05) is 30.2 Å². The molecule has 18 heavy (non-hydrogen) atoms. The first-order valence-electron chi connectivity index (χ1n) is 5.12. The Balaban J connectivity index is 2.02. The number of rotatable bonds is 2. The molecule has 0 atom stereocenters. The minimum atomic E-state index is -0.230. The van der Waals surface area contributed by atoms with E-state index in [1.165, 1.54) is 18.5 Å². The van der Waals surface area contributed by atoms with E-state index in [-0.39, 0.29) is 11.4 Å². The quantitative estimate of drug-likeness (QED) is 0.715. The normalized spacial score (nSPS) is 10.4. The van der Waals surface area contributed by atoms with Crippen molar-refractivity contribution in [2.75, 3.05) is 0 Å². The van der Waals surface area contributed by atoms with Crippen LogP contribution in [0, 0.1) is 0 Å². The van der Waals surface area contributed by atoms with Crippen molar-refractivity contribution in [3.8, 4) is 23.0 Å². The monoisotopic (exact) mass is 241 g/mol. The molecule has 3 aromatic rings. The Kier molecular flexibility index (Phi) is 2.41. The summed E-state index contributed by atoms with van der Waals surface area (Å²) in [6, 6.07) is 3.06. The zero-order valence-electron chi connectivity index (χ0n) is 9.07. The molecule has 0 aliphatic heterocycles. The first-order valence-corrected chi connectivity index (χ1v) is 5.12. The molecule has 0 radical (unpaired) electrons. The summed E-state index contributed by atoms with van der Waals surface area (Å²) in [5, 5.41) is 3.79. The van der Waals surface area contributed by atoms with Gasteiger partial charge in [0.15, 0.2) is 0 Å². The van der Waals surface area contributed by atoms with Crippen molar-refractivity contribution in [1.82, 2.24) is 25.1 Å². The largest absolute Gasteiger partial charge is 0.334 e. The summed E-state index contributed by atoms with van der Waals surface area (Å²) in [4.78, 5) is 25.8. The minimum Gasteiger partial charge on any atom is -0.334 e. The molecular weight excluding hydrogens is 234 g/mol. The van der Waals surface area contributed by atoms with Gasteiger partial charge in [-0.2, -0.15) is 4.98 Å². The summed E-state index contributed by atoms with van der Waals surface area (Å²) in [6.07, 6.45) is 6.15. The van der Waals surface area contributed by atoms with E-state index in [0.717, 1.165) is 0 Å². The van der Waals surface area contributed by atoms with Crippen LogP contribution in [0.4, 0.5) is 0 Å². The summed E-state index contributed by atoms with van der Waals surface area (Å²) < 4.78 is 5.08. The molecule has 1 N–H and O–H groups in total. The van der Waals surface area contributed by atoms with Gasteiger partial charge in [0.2, 0.25) is 11.4 Å². The zero-order chi connectivity index (χ0) is 12.4. The van der Waals surface area contributed by atoms with Crippen LogP contribution in [0.1, 0.15) is 0 Å². The van der Waals surface area contributed by atoms with Crippen molar-refractivity contribution in [3.63, 3.8) is 0 Å². The molecule has 88 valence electrons. The lowest BCUT2D eigenvalue weighted by molar-refractivity contribution is 0.432. The molecule has 0 fully saturated rings. The Hall–Kier alpha value is -2.83. The molecule has 3 heterocycles. The van der Waals surface area contributed by atoms with Crippen LogP contribution in [0.15, 0.2) is 46.2 Å². The van der Waals surface area contributed by atoms with Crippen LogP contribution in [0.25, 0.3) is 23.0 Å². The Morgan fingerprint density at radius 3 is 3.00 bits per heavy atom. The molecule has 0 spiro atoms. The third-order valence-corrected chi connectivity index (χ3v) is 2.24. The molecule has 0 unspecified atom stereocenters. The highest BCUT2D eigenvalue weighted by Crippen LogP contribution is 2.18. The Morgan fingerprint density at radius 1 is 1.28 bits per heavy atom. The summed E-state index contributed by atoms with van der Waals surface area (Å²) in [7, 11) is 0. The number of hydrogen-bond acceptors (Lipinski definition) is 6. The molecule has 7 heteroatoms. The van der Waals surface area contributed by atoms with E-state index in [0.29, 0.717) is 17.1 Å². The van der Waals surface area contributed by atoms with Gasteiger partial charge in [0.05, 0.1) is 6.20 Å². The maximum absolute atomic E-state index is 11.2. The van der Waals surface area contributed by atoms with Gasteiger partial charge in [0.25, 0.3) is 5.89 Å². The van der Waals surface area contributed by atoms with Crippen LogP contribution in [-0.2, 0) is 0 Å². The van der Waals surface area contributed by atoms with Gasteiger partial charge in [-0.15, -0.1) is 0 Å². The highest BCUT2D eigenvalue weighted by Gasteiger charge is 2.11. The van der Waals surface area contributed by atoms with E-state index >= 15 is 0 Å². The number of nitrogens with zero attached hydrogens (tertiary/aromatic N) is 4. The van der Waals surface area contributed by atoms with E-state index in [4.69, 9.17) is 4.52 Å². The van der Waals surface area contributed by atoms with Crippen LogP contribution in [-0.4, -0.2) is 25.1 Å². The summed E-state index contributed by atoms with van der Waals surface area (Å²) in [5.74, 6) is 0.597. The highest BCUT2D eigenvalue weighted by atomic mass is 16.5. The third kappa shape index (κ3) is 1.88. The van der Waals surface area contributed by atoms with Gasteiger partial charge in [-0.3, -0.25) is 9.78 Å². The number of pyridine rings is 1. The number of aromatic amines is 1. The average Bonchev–Trinajstić information content (AvgIpc) is 2.89. The second-order valence-electron chi connectivity index (χ2n) is 3.46. The molecule has 0 aliphatic rings. The molecule has 0 saturated heterocycles. The number of hydrogen-bond donors (Lipinski definition) is 1. The van der Waals surface area contributed by atoms with E-state index in [9.17, 15) is 4.79 Å². The molecule has 0 bridgehead atoms. The van der Waals surface area contributed by atoms with Crippen LogP contribution in [0.2, 0.25) is 0 Å². The van der Waals surface area contributed by atoms with Crippen LogP contribution in [0.3, 0.4) is 0 Å². The summed E-state index contributed by atoms with van der Waals surface area (Å²) >= 11 is 0. The molecule has 3 aromatic heterocycles. The van der Waals surface area contributed by atoms with E-state index in [1.54, 1.807) is 18.5 Å². The molecule has 0 aromatic carbocycles. The Morgan fingerprint density at radius 2 is 2.22 bits per heavy atom. The third-order valence-electron chi connectivity index (χ3n) is 2.24. The molecule has 7 nitrogen and oxygen atoms in total. The standard InChI is InChI=1S/C11H7N5O2/c17-9-5-7(1-2-14-9)11-15-10(16-18-11)8-6-12-3-4-13-8/h1-6H,(H,14,17). The molecule has 0 amide bonds. The predicted molar refractivity (Wildman–Crippen MR) is 61.4 cm³/mol. The SMILES string of the molecule is O=c1cc(-c2nc(-c3cnccn3)no2)cc[nH]1. The topological polar surface area (TPSA) is 97.6 Å². The molecule has 3 rings (SSSR count). The fourth-order valence-electron chi connectivity index (χ4n) is 1.44. The summed E-state index contributed by atoms with van der Waals surface area (Å²) in [6.45, 7) is 0. The van der Waals surface area contributed by atoms with Gasteiger partial charge >= 0.3 is 0 Å². The van der Waals surface area contributed by atoms with Crippen molar-refractivity contribution in [3.05, 3.63) is 47.3 Å². The van der Waals surface area contributed by atoms with Gasteiger partial charge in [-0.25, -0.2) is 4.98 Å². The number of H-pyrrole nitrogens is 1. The molecule has 0 saturated carbocycles. The highest BCUT2D eigenvalue weighted by molar-refractivity contribution is 5.55. The number of nitrogens with one attached hydrogen (secondary N) is 1.